The molecule has 0 fully saturated rings. The first-order chi connectivity index (χ1) is 10.8. The van der Waals surface area contributed by atoms with Gasteiger partial charge in [-0.15, -0.1) is 0 Å². The molecular weight excluding hydrogens is 355 g/mol. The van der Waals surface area contributed by atoms with Gasteiger partial charge in [-0.25, -0.2) is 0 Å². The number of rotatable bonds is 8. The molecule has 23 heavy (non-hydrogen) atoms. The van der Waals surface area contributed by atoms with Crippen LogP contribution >= 0.6 is 34.8 Å². The van der Waals surface area contributed by atoms with E-state index in [2.05, 4.69) is 6.92 Å². The molecule has 0 spiro atoms. The van der Waals surface area contributed by atoms with E-state index in [0.717, 1.165) is 18.6 Å². The van der Waals surface area contributed by atoms with Crippen molar-refractivity contribution in [2.45, 2.75) is 36.9 Å². The number of ether oxygens (including phenoxy) is 1. The first-order valence-electron chi connectivity index (χ1n) is 7.39. The Hall–Kier alpha value is -0.960. The quantitative estimate of drug-likeness (QED) is 0.302. The van der Waals surface area contributed by atoms with Gasteiger partial charge in [-0.1, -0.05) is 52.5 Å². The van der Waals surface area contributed by atoms with Crippen LogP contribution in [0.15, 0.2) is 48.1 Å². The second-order valence-electron chi connectivity index (χ2n) is 5.27. The fourth-order valence-corrected chi connectivity index (χ4v) is 2.08. The maximum Gasteiger partial charge on any atom is 0.194 e. The Labute approximate surface area is 153 Å². The van der Waals surface area contributed by atoms with Crippen molar-refractivity contribution in [1.82, 2.24) is 0 Å². The van der Waals surface area contributed by atoms with Gasteiger partial charge in [0.15, 0.2) is 9.58 Å². The zero-order valence-corrected chi connectivity index (χ0v) is 15.6. The van der Waals surface area contributed by atoms with E-state index in [1.165, 1.54) is 5.57 Å². The molecule has 2 nitrogen and oxygen atoms in total. The predicted octanol–water partition coefficient (Wildman–Crippen LogP) is 6.31. The van der Waals surface area contributed by atoms with Gasteiger partial charge in [0.1, 0.15) is 12.4 Å². The van der Waals surface area contributed by atoms with Gasteiger partial charge in [0.25, 0.3) is 0 Å². The van der Waals surface area contributed by atoms with E-state index >= 15 is 0 Å². The van der Waals surface area contributed by atoms with Crippen molar-refractivity contribution >= 4 is 40.6 Å². The number of halogens is 3. The molecule has 0 radical (unpaired) electrons. The minimum absolute atomic E-state index is 0.0510. The van der Waals surface area contributed by atoms with E-state index in [-0.39, 0.29) is 5.78 Å². The molecule has 0 aliphatic carbocycles. The predicted molar refractivity (Wildman–Crippen MR) is 99.0 cm³/mol. The highest BCUT2D eigenvalue weighted by Gasteiger charge is 2.16. The number of benzene rings is 1. The Morgan fingerprint density at radius 3 is 2.35 bits per heavy atom. The van der Waals surface area contributed by atoms with Gasteiger partial charge >= 0.3 is 0 Å². The summed E-state index contributed by atoms with van der Waals surface area (Å²) in [4.78, 5) is 11.2. The summed E-state index contributed by atoms with van der Waals surface area (Å²) in [6, 6.07) is 7.14. The topological polar surface area (TPSA) is 26.3 Å². The molecule has 0 bridgehead atoms. The SMILES string of the molecule is CC(=O)c1ccc(OC/C=C(\C)CC/C=C/CC(Cl)(Cl)Cl)cc1. The van der Waals surface area contributed by atoms with Gasteiger partial charge in [0.2, 0.25) is 0 Å². The molecule has 0 N–H and O–H groups in total. The van der Waals surface area contributed by atoms with Crippen LogP contribution < -0.4 is 4.74 Å². The lowest BCUT2D eigenvalue weighted by Gasteiger charge is -2.06. The minimum atomic E-state index is -1.22. The summed E-state index contributed by atoms with van der Waals surface area (Å²) < 4.78 is 4.41. The average Bonchev–Trinajstić information content (AvgIpc) is 2.46. The Bertz CT molecular complexity index is 555. The van der Waals surface area contributed by atoms with E-state index in [4.69, 9.17) is 39.5 Å². The lowest BCUT2D eigenvalue weighted by Crippen LogP contribution is -1.98. The van der Waals surface area contributed by atoms with Crippen molar-refractivity contribution in [3.8, 4) is 5.75 Å². The maximum absolute atomic E-state index is 11.2. The number of hydrogen-bond donors (Lipinski definition) is 0. The molecule has 126 valence electrons. The molecule has 1 aromatic carbocycles. The van der Waals surface area contributed by atoms with Gasteiger partial charge < -0.3 is 4.74 Å². The normalized spacial score (nSPS) is 12.7. The highest BCUT2D eigenvalue weighted by molar-refractivity contribution is 6.67. The standard InChI is InChI=1S/C18H21Cl3O2/c1-14(6-4-3-5-12-18(19,20)21)11-13-23-17-9-7-16(8-10-17)15(2)22/h3,5,7-11H,4,6,12-13H2,1-2H3/b5-3+,14-11+. The van der Waals surface area contributed by atoms with Crippen molar-refractivity contribution in [2.75, 3.05) is 6.61 Å². The minimum Gasteiger partial charge on any atom is -0.490 e. The van der Waals surface area contributed by atoms with Crippen molar-refractivity contribution in [1.29, 1.82) is 0 Å². The third-order valence-electron chi connectivity index (χ3n) is 3.16. The van der Waals surface area contributed by atoms with Crippen LogP contribution in [0.3, 0.4) is 0 Å². The van der Waals surface area contributed by atoms with Gasteiger partial charge in [0, 0.05) is 12.0 Å². The highest BCUT2D eigenvalue weighted by Crippen LogP contribution is 2.30. The average molecular weight is 376 g/mol. The number of Topliss-reactive ketones (excluding diaryl/α,β-unsaturated/α-hetero) is 1. The molecule has 5 heteroatoms. The summed E-state index contributed by atoms with van der Waals surface area (Å²) in [6.45, 7) is 4.11. The fraction of sp³-hybridized carbons (Fsp3) is 0.389. The molecule has 0 aromatic heterocycles. The van der Waals surface area contributed by atoms with E-state index in [9.17, 15) is 4.79 Å². The largest absolute Gasteiger partial charge is 0.490 e. The Kier molecular flexibility index (Phi) is 8.75. The zero-order chi connectivity index (χ0) is 17.3. The molecule has 0 heterocycles. The molecular formula is C18H21Cl3O2. The zero-order valence-electron chi connectivity index (χ0n) is 13.3. The van der Waals surface area contributed by atoms with Crippen LogP contribution in [0.4, 0.5) is 0 Å². The van der Waals surface area contributed by atoms with Gasteiger partial charge in [-0.3, -0.25) is 4.79 Å². The van der Waals surface area contributed by atoms with Crippen LogP contribution in [0.5, 0.6) is 5.75 Å². The molecule has 0 saturated carbocycles. The number of hydrogen-bond acceptors (Lipinski definition) is 2. The van der Waals surface area contributed by atoms with Gasteiger partial charge in [-0.2, -0.15) is 0 Å². The van der Waals surface area contributed by atoms with Crippen molar-refractivity contribution < 1.29 is 9.53 Å². The molecule has 0 amide bonds. The summed E-state index contributed by atoms with van der Waals surface area (Å²) >= 11 is 17.0. The number of carbonyl (C=O) groups excluding carboxylic acids is 1. The Morgan fingerprint density at radius 1 is 1.13 bits per heavy atom. The van der Waals surface area contributed by atoms with Crippen LogP contribution in [-0.4, -0.2) is 16.2 Å². The smallest absolute Gasteiger partial charge is 0.194 e. The summed E-state index contributed by atoms with van der Waals surface area (Å²) in [5.41, 5.74) is 1.93. The summed E-state index contributed by atoms with van der Waals surface area (Å²) in [5.74, 6) is 0.803. The summed E-state index contributed by atoms with van der Waals surface area (Å²) in [5, 5.41) is 0. The van der Waals surface area contributed by atoms with Gasteiger partial charge in [0.05, 0.1) is 0 Å². The molecule has 0 unspecified atom stereocenters. The van der Waals surface area contributed by atoms with Crippen LogP contribution in [0.1, 0.15) is 43.5 Å². The second-order valence-corrected chi connectivity index (χ2v) is 7.79. The van der Waals surface area contributed by atoms with Crippen molar-refractivity contribution in [3.63, 3.8) is 0 Å². The van der Waals surface area contributed by atoms with Crippen LogP contribution in [0, 0.1) is 0 Å². The Balaban J connectivity index is 2.29. The Morgan fingerprint density at radius 2 is 1.78 bits per heavy atom. The molecule has 0 atom stereocenters. The lowest BCUT2D eigenvalue weighted by atomic mass is 10.1. The van der Waals surface area contributed by atoms with Crippen molar-refractivity contribution in [2.24, 2.45) is 0 Å². The third-order valence-corrected chi connectivity index (χ3v) is 3.63. The maximum atomic E-state index is 11.2. The number of allylic oxidation sites excluding steroid dienone is 3. The number of ketones is 1. The lowest BCUT2D eigenvalue weighted by molar-refractivity contribution is 0.101. The molecule has 0 aliphatic rings. The molecule has 0 aliphatic heterocycles. The van der Waals surface area contributed by atoms with Gasteiger partial charge in [-0.05, 0) is 57.0 Å². The van der Waals surface area contributed by atoms with Crippen molar-refractivity contribution in [3.05, 3.63) is 53.6 Å². The van der Waals surface area contributed by atoms with E-state index < -0.39 is 3.79 Å². The first kappa shape index (κ1) is 20.1. The number of carbonyl (C=O) groups is 1. The monoisotopic (exact) mass is 374 g/mol. The summed E-state index contributed by atoms with van der Waals surface area (Å²) in [6.07, 6.45) is 8.19. The number of alkyl halides is 3. The first-order valence-corrected chi connectivity index (χ1v) is 8.52. The van der Waals surface area contributed by atoms with E-state index in [1.807, 2.05) is 18.2 Å². The fourth-order valence-electron chi connectivity index (χ4n) is 1.81. The van der Waals surface area contributed by atoms with E-state index in [1.54, 1.807) is 31.2 Å². The van der Waals surface area contributed by atoms with Crippen LogP contribution in [0.2, 0.25) is 0 Å². The second kappa shape index (κ2) is 10.0. The molecule has 1 rings (SSSR count). The molecule has 0 saturated heterocycles. The summed E-state index contributed by atoms with van der Waals surface area (Å²) in [7, 11) is 0. The third kappa shape index (κ3) is 9.70. The highest BCUT2D eigenvalue weighted by atomic mass is 35.6. The molecule has 1 aromatic rings. The van der Waals surface area contributed by atoms with Crippen LogP contribution in [-0.2, 0) is 0 Å². The van der Waals surface area contributed by atoms with Crippen LogP contribution in [0.25, 0.3) is 0 Å². The van der Waals surface area contributed by atoms with E-state index in [0.29, 0.717) is 18.6 Å².